The second-order valence-corrected chi connectivity index (χ2v) is 4.86. The molecule has 1 unspecified atom stereocenters. The number of phenolic OH excluding ortho intramolecular Hbond substituents is 1. The van der Waals surface area contributed by atoms with E-state index >= 15 is 0 Å². The van der Waals surface area contributed by atoms with Crippen LogP contribution in [0.15, 0.2) is 18.2 Å². The Labute approximate surface area is 118 Å². The minimum atomic E-state index is -0.390. The molecule has 20 heavy (non-hydrogen) atoms. The van der Waals surface area contributed by atoms with Crippen molar-refractivity contribution < 1.29 is 19.4 Å². The molecule has 1 fully saturated rings. The van der Waals surface area contributed by atoms with E-state index in [1.54, 1.807) is 12.1 Å². The Hall–Kier alpha value is -1.95. The summed E-state index contributed by atoms with van der Waals surface area (Å²) in [5, 5.41) is 12.6. The van der Waals surface area contributed by atoms with Gasteiger partial charge in [0.1, 0.15) is 0 Å². The lowest BCUT2D eigenvalue weighted by molar-refractivity contribution is 0.166. The number of phenols is 1. The number of hydrogen-bond acceptors (Lipinski definition) is 5. The number of hydrogen-bond donors (Lipinski definition) is 2. The molecule has 110 valence electrons. The first-order valence-electron chi connectivity index (χ1n) is 6.55. The number of alkyl carbamates (subject to hydrolysis) is 1. The molecule has 1 heterocycles. The highest BCUT2D eigenvalue weighted by Gasteiger charge is 2.24. The van der Waals surface area contributed by atoms with Gasteiger partial charge in [0, 0.05) is 25.7 Å². The van der Waals surface area contributed by atoms with Crippen LogP contribution in [-0.2, 0) is 11.3 Å². The van der Waals surface area contributed by atoms with Crippen LogP contribution in [0, 0.1) is 0 Å². The Bertz CT molecular complexity index is 478. The maximum atomic E-state index is 11.1. The molecule has 0 radical (unpaired) electrons. The van der Waals surface area contributed by atoms with Crippen molar-refractivity contribution in [1.82, 2.24) is 10.2 Å². The first-order chi connectivity index (χ1) is 9.62. The summed E-state index contributed by atoms with van der Waals surface area (Å²) in [6.07, 6.45) is 0.510. The van der Waals surface area contributed by atoms with Gasteiger partial charge in [0.25, 0.3) is 0 Å². The van der Waals surface area contributed by atoms with Crippen LogP contribution in [0.4, 0.5) is 4.79 Å². The Balaban J connectivity index is 1.88. The van der Waals surface area contributed by atoms with Crippen molar-refractivity contribution in [3.63, 3.8) is 0 Å². The van der Waals surface area contributed by atoms with Crippen molar-refractivity contribution in [3.05, 3.63) is 23.8 Å². The molecule has 2 N–H and O–H groups in total. The zero-order valence-electron chi connectivity index (χ0n) is 11.8. The molecule has 1 aromatic carbocycles. The second-order valence-electron chi connectivity index (χ2n) is 4.86. The lowest BCUT2D eigenvalue weighted by Gasteiger charge is -2.17. The molecule has 1 atom stereocenters. The van der Waals surface area contributed by atoms with Gasteiger partial charge in [-0.2, -0.15) is 0 Å². The lowest BCUT2D eigenvalue weighted by Crippen LogP contribution is -2.36. The Morgan fingerprint density at radius 3 is 2.95 bits per heavy atom. The van der Waals surface area contributed by atoms with Gasteiger partial charge in [0.05, 0.1) is 14.2 Å². The van der Waals surface area contributed by atoms with Crippen LogP contribution >= 0.6 is 0 Å². The molecule has 6 heteroatoms. The fourth-order valence-corrected chi connectivity index (χ4v) is 2.41. The summed E-state index contributed by atoms with van der Waals surface area (Å²) in [4.78, 5) is 13.4. The van der Waals surface area contributed by atoms with Crippen molar-refractivity contribution >= 4 is 6.09 Å². The molecular formula is C14H20N2O4. The summed E-state index contributed by atoms with van der Waals surface area (Å²) in [6.45, 7) is 2.42. The highest BCUT2D eigenvalue weighted by atomic mass is 16.5. The summed E-state index contributed by atoms with van der Waals surface area (Å²) < 4.78 is 9.61. The number of amides is 1. The molecule has 1 aliphatic rings. The van der Waals surface area contributed by atoms with Crippen molar-refractivity contribution in [1.29, 1.82) is 0 Å². The predicted octanol–water partition coefficient (Wildman–Crippen LogP) is 1.33. The number of ether oxygens (including phenoxy) is 2. The third kappa shape index (κ3) is 3.54. The summed E-state index contributed by atoms with van der Waals surface area (Å²) in [6, 6.07) is 5.51. The molecular weight excluding hydrogens is 260 g/mol. The van der Waals surface area contributed by atoms with Crippen molar-refractivity contribution in [2.45, 2.75) is 19.0 Å². The number of benzene rings is 1. The minimum absolute atomic E-state index is 0.120. The monoisotopic (exact) mass is 280 g/mol. The van der Waals surface area contributed by atoms with Gasteiger partial charge in [-0.25, -0.2) is 4.79 Å². The van der Waals surface area contributed by atoms with Crippen molar-refractivity contribution in [2.24, 2.45) is 0 Å². The Kier molecular flexibility index (Phi) is 4.68. The van der Waals surface area contributed by atoms with Crippen LogP contribution in [0.2, 0.25) is 0 Å². The van der Waals surface area contributed by atoms with E-state index < -0.39 is 0 Å². The quantitative estimate of drug-likeness (QED) is 0.870. The molecule has 0 spiro atoms. The zero-order valence-corrected chi connectivity index (χ0v) is 11.8. The number of carbonyl (C=O) groups is 1. The third-order valence-electron chi connectivity index (χ3n) is 3.43. The van der Waals surface area contributed by atoms with E-state index in [4.69, 9.17) is 4.74 Å². The average molecular weight is 280 g/mol. The highest BCUT2D eigenvalue weighted by Crippen LogP contribution is 2.27. The molecule has 0 bridgehead atoms. The van der Waals surface area contributed by atoms with Crippen LogP contribution < -0.4 is 10.1 Å². The van der Waals surface area contributed by atoms with Crippen LogP contribution in [-0.4, -0.2) is 49.5 Å². The van der Waals surface area contributed by atoms with Crippen molar-refractivity contribution in [3.8, 4) is 11.5 Å². The van der Waals surface area contributed by atoms with Gasteiger partial charge in [-0.3, -0.25) is 4.90 Å². The third-order valence-corrected chi connectivity index (χ3v) is 3.43. The van der Waals surface area contributed by atoms with Crippen LogP contribution in [0.3, 0.4) is 0 Å². The summed E-state index contributed by atoms with van der Waals surface area (Å²) in [5.74, 6) is 0.619. The minimum Gasteiger partial charge on any atom is -0.504 e. The summed E-state index contributed by atoms with van der Waals surface area (Å²) in [7, 11) is 2.89. The molecule has 0 aromatic heterocycles. The second kappa shape index (κ2) is 6.47. The van der Waals surface area contributed by atoms with Crippen LogP contribution in [0.5, 0.6) is 11.5 Å². The standard InChI is InChI=1S/C14H20N2O4/c1-19-13-4-3-10(7-12(13)17)8-16-6-5-11(9-16)15-14(18)20-2/h3-4,7,11,17H,5-6,8-9H2,1-2H3,(H,15,18). The van der Waals surface area contributed by atoms with E-state index in [9.17, 15) is 9.90 Å². The maximum absolute atomic E-state index is 11.1. The first-order valence-corrected chi connectivity index (χ1v) is 6.55. The number of methoxy groups -OCH3 is 2. The van der Waals surface area contributed by atoms with Gasteiger partial charge in [0.15, 0.2) is 11.5 Å². The van der Waals surface area contributed by atoms with E-state index in [2.05, 4.69) is 15.0 Å². The zero-order chi connectivity index (χ0) is 14.5. The smallest absolute Gasteiger partial charge is 0.407 e. The van der Waals surface area contributed by atoms with Gasteiger partial charge in [0.2, 0.25) is 0 Å². The Morgan fingerprint density at radius 1 is 1.50 bits per heavy atom. The SMILES string of the molecule is COC(=O)NC1CCN(Cc2ccc(OC)c(O)c2)C1. The molecule has 1 aromatic rings. The fraction of sp³-hybridized carbons (Fsp3) is 0.500. The van der Waals surface area contributed by atoms with Gasteiger partial charge in [-0.05, 0) is 24.1 Å². The summed E-state index contributed by atoms with van der Waals surface area (Å²) >= 11 is 0. The molecule has 2 rings (SSSR count). The van der Waals surface area contributed by atoms with Crippen LogP contribution in [0.1, 0.15) is 12.0 Å². The molecule has 0 aliphatic carbocycles. The summed E-state index contributed by atoms with van der Waals surface area (Å²) in [5.41, 5.74) is 1.02. The molecule has 1 saturated heterocycles. The number of rotatable bonds is 4. The van der Waals surface area contributed by atoms with E-state index in [-0.39, 0.29) is 17.9 Å². The van der Waals surface area contributed by atoms with Gasteiger partial charge in [-0.15, -0.1) is 0 Å². The Morgan fingerprint density at radius 2 is 2.30 bits per heavy atom. The maximum Gasteiger partial charge on any atom is 0.407 e. The predicted molar refractivity (Wildman–Crippen MR) is 73.9 cm³/mol. The van der Waals surface area contributed by atoms with E-state index in [0.717, 1.165) is 31.6 Å². The average Bonchev–Trinajstić information content (AvgIpc) is 2.86. The van der Waals surface area contributed by atoms with E-state index in [1.165, 1.54) is 14.2 Å². The molecule has 1 amide bonds. The van der Waals surface area contributed by atoms with Gasteiger partial charge >= 0.3 is 6.09 Å². The first kappa shape index (κ1) is 14.5. The normalized spacial score (nSPS) is 18.8. The van der Waals surface area contributed by atoms with E-state index in [0.29, 0.717) is 5.75 Å². The number of likely N-dealkylation sites (tertiary alicyclic amines) is 1. The van der Waals surface area contributed by atoms with Gasteiger partial charge in [-0.1, -0.05) is 6.07 Å². The van der Waals surface area contributed by atoms with E-state index in [1.807, 2.05) is 6.07 Å². The van der Waals surface area contributed by atoms with Crippen molar-refractivity contribution in [2.75, 3.05) is 27.3 Å². The number of aromatic hydroxyl groups is 1. The molecule has 6 nitrogen and oxygen atoms in total. The van der Waals surface area contributed by atoms with Crippen LogP contribution in [0.25, 0.3) is 0 Å². The number of carbonyl (C=O) groups excluding carboxylic acids is 1. The van der Waals surface area contributed by atoms with Gasteiger partial charge < -0.3 is 19.9 Å². The largest absolute Gasteiger partial charge is 0.504 e. The lowest BCUT2D eigenvalue weighted by atomic mass is 10.2. The fourth-order valence-electron chi connectivity index (χ4n) is 2.41. The number of nitrogens with zero attached hydrogens (tertiary/aromatic N) is 1. The topological polar surface area (TPSA) is 71.0 Å². The molecule has 0 saturated carbocycles. The number of nitrogens with one attached hydrogen (secondary N) is 1. The highest BCUT2D eigenvalue weighted by molar-refractivity contribution is 5.67. The molecule has 1 aliphatic heterocycles.